The summed E-state index contributed by atoms with van der Waals surface area (Å²) in [6, 6.07) is 8.09. The Morgan fingerprint density at radius 2 is 1.72 bits per heavy atom. The maximum absolute atomic E-state index is 13.7. The quantitative estimate of drug-likeness (QED) is 0.661. The number of aromatic nitrogens is 1. The molecular weight excluding hydrogens is 239 g/mol. The summed E-state index contributed by atoms with van der Waals surface area (Å²) >= 11 is 0. The Balaban J connectivity index is 2.37. The van der Waals surface area contributed by atoms with Gasteiger partial charge in [-0.05, 0) is 29.8 Å². The maximum atomic E-state index is 13.7. The molecule has 0 atom stereocenters. The van der Waals surface area contributed by atoms with Crippen LogP contribution in [0.1, 0.15) is 0 Å². The molecule has 0 radical (unpaired) electrons. The van der Waals surface area contributed by atoms with E-state index in [1.165, 1.54) is 24.3 Å². The van der Waals surface area contributed by atoms with Crippen LogP contribution in [0.4, 0.5) is 13.2 Å². The Kier molecular flexibility index (Phi) is 2.37. The number of H-pyrrole nitrogens is 1. The van der Waals surface area contributed by atoms with Crippen molar-refractivity contribution >= 4 is 10.9 Å². The van der Waals surface area contributed by atoms with Crippen LogP contribution in [-0.2, 0) is 0 Å². The van der Waals surface area contributed by atoms with E-state index in [0.29, 0.717) is 16.5 Å². The van der Waals surface area contributed by atoms with Gasteiger partial charge in [0, 0.05) is 22.7 Å². The van der Waals surface area contributed by atoms with E-state index >= 15 is 0 Å². The van der Waals surface area contributed by atoms with Crippen molar-refractivity contribution in [2.24, 2.45) is 0 Å². The zero-order valence-corrected chi connectivity index (χ0v) is 9.18. The number of nitrogens with one attached hydrogen (secondary N) is 1. The van der Waals surface area contributed by atoms with Gasteiger partial charge < -0.3 is 4.98 Å². The van der Waals surface area contributed by atoms with Crippen LogP contribution in [0.15, 0.2) is 42.6 Å². The van der Waals surface area contributed by atoms with Gasteiger partial charge in [-0.1, -0.05) is 12.1 Å². The van der Waals surface area contributed by atoms with Gasteiger partial charge >= 0.3 is 0 Å². The van der Waals surface area contributed by atoms with Crippen LogP contribution in [0.25, 0.3) is 22.0 Å². The highest BCUT2D eigenvalue weighted by molar-refractivity contribution is 5.95. The fourth-order valence-corrected chi connectivity index (χ4v) is 2.07. The molecule has 0 aliphatic heterocycles. The number of rotatable bonds is 1. The molecule has 0 unspecified atom stereocenters. The lowest BCUT2D eigenvalue weighted by Crippen LogP contribution is -1.90. The Morgan fingerprint density at radius 1 is 0.889 bits per heavy atom. The summed E-state index contributed by atoms with van der Waals surface area (Å²) in [5.41, 5.74) is 0.941. The topological polar surface area (TPSA) is 15.8 Å². The predicted molar refractivity (Wildman–Crippen MR) is 63.6 cm³/mol. The zero-order chi connectivity index (χ0) is 12.7. The van der Waals surface area contributed by atoms with Gasteiger partial charge in [0.05, 0.1) is 0 Å². The highest BCUT2D eigenvalue weighted by Crippen LogP contribution is 2.31. The summed E-state index contributed by atoms with van der Waals surface area (Å²) in [6.07, 6.45) is 1.63. The van der Waals surface area contributed by atoms with Crippen LogP contribution in [0.3, 0.4) is 0 Å². The lowest BCUT2D eigenvalue weighted by atomic mass is 10.0. The Bertz CT molecular complexity index is 731. The summed E-state index contributed by atoms with van der Waals surface area (Å²) in [5, 5.41) is 0.654. The van der Waals surface area contributed by atoms with Gasteiger partial charge in [0.2, 0.25) is 0 Å². The summed E-state index contributed by atoms with van der Waals surface area (Å²) in [6.45, 7) is 0. The van der Waals surface area contributed by atoms with Crippen molar-refractivity contribution < 1.29 is 13.2 Å². The van der Waals surface area contributed by atoms with Gasteiger partial charge in [-0.25, -0.2) is 13.2 Å². The van der Waals surface area contributed by atoms with Crippen molar-refractivity contribution in [1.82, 2.24) is 4.98 Å². The van der Waals surface area contributed by atoms with Crippen LogP contribution in [0.5, 0.6) is 0 Å². The number of halogens is 3. The highest BCUT2D eigenvalue weighted by atomic mass is 19.2. The van der Waals surface area contributed by atoms with Crippen LogP contribution in [-0.4, -0.2) is 4.98 Å². The van der Waals surface area contributed by atoms with E-state index < -0.39 is 17.5 Å². The number of benzene rings is 2. The first-order valence-corrected chi connectivity index (χ1v) is 5.38. The first kappa shape index (κ1) is 10.9. The van der Waals surface area contributed by atoms with Gasteiger partial charge in [0.1, 0.15) is 5.82 Å². The largest absolute Gasteiger partial charge is 0.361 e. The number of hydrogen-bond donors (Lipinski definition) is 1. The highest BCUT2D eigenvalue weighted by Gasteiger charge is 2.13. The minimum atomic E-state index is -0.967. The standard InChI is InChI=1S/C14H8F3N/c15-8-6-11(9-4-5-18-13(9)7-8)10-2-1-3-12(16)14(10)17/h1-7,18H. The third kappa shape index (κ3) is 1.57. The predicted octanol–water partition coefficient (Wildman–Crippen LogP) is 4.25. The zero-order valence-electron chi connectivity index (χ0n) is 9.18. The van der Waals surface area contributed by atoms with Crippen molar-refractivity contribution in [3.05, 3.63) is 60.0 Å². The second-order valence-electron chi connectivity index (χ2n) is 3.99. The van der Waals surface area contributed by atoms with Gasteiger partial charge in [-0.2, -0.15) is 0 Å². The van der Waals surface area contributed by atoms with E-state index in [4.69, 9.17) is 0 Å². The fraction of sp³-hybridized carbons (Fsp3) is 0. The third-order valence-electron chi connectivity index (χ3n) is 2.88. The molecular formula is C14H8F3N. The average Bonchev–Trinajstić information content (AvgIpc) is 2.79. The van der Waals surface area contributed by atoms with Crippen LogP contribution in [0.2, 0.25) is 0 Å². The molecule has 0 fully saturated rings. The summed E-state index contributed by atoms with van der Waals surface area (Å²) in [5.74, 6) is -2.41. The minimum Gasteiger partial charge on any atom is -0.361 e. The Morgan fingerprint density at radius 3 is 2.56 bits per heavy atom. The van der Waals surface area contributed by atoms with E-state index in [2.05, 4.69) is 4.98 Å². The average molecular weight is 247 g/mol. The summed E-state index contributed by atoms with van der Waals surface area (Å²) in [4.78, 5) is 2.85. The van der Waals surface area contributed by atoms with Gasteiger partial charge in [0.15, 0.2) is 11.6 Å². The molecule has 0 bridgehead atoms. The monoisotopic (exact) mass is 247 g/mol. The molecule has 90 valence electrons. The molecule has 1 heterocycles. The van der Waals surface area contributed by atoms with E-state index in [9.17, 15) is 13.2 Å². The molecule has 0 aliphatic rings. The molecule has 2 aromatic carbocycles. The molecule has 1 N–H and O–H groups in total. The molecule has 0 aliphatic carbocycles. The lowest BCUT2D eigenvalue weighted by molar-refractivity contribution is 0.511. The van der Waals surface area contributed by atoms with Crippen molar-refractivity contribution in [2.45, 2.75) is 0 Å². The number of fused-ring (bicyclic) bond motifs is 1. The molecule has 1 aromatic heterocycles. The van der Waals surface area contributed by atoms with Gasteiger partial charge in [0.25, 0.3) is 0 Å². The first-order valence-electron chi connectivity index (χ1n) is 5.38. The lowest BCUT2D eigenvalue weighted by Gasteiger charge is -2.06. The molecule has 0 spiro atoms. The van der Waals surface area contributed by atoms with Crippen LogP contribution < -0.4 is 0 Å². The second kappa shape index (κ2) is 3.91. The molecule has 1 nitrogen and oxygen atoms in total. The minimum absolute atomic E-state index is 0.0547. The molecule has 3 aromatic rings. The number of aromatic amines is 1. The molecule has 0 saturated heterocycles. The van der Waals surface area contributed by atoms with E-state index in [1.54, 1.807) is 12.3 Å². The molecule has 4 heteroatoms. The summed E-state index contributed by atoms with van der Waals surface area (Å²) in [7, 11) is 0. The normalized spacial score (nSPS) is 11.1. The summed E-state index contributed by atoms with van der Waals surface area (Å²) < 4.78 is 40.4. The maximum Gasteiger partial charge on any atom is 0.166 e. The first-order chi connectivity index (χ1) is 8.66. The number of hydrogen-bond acceptors (Lipinski definition) is 0. The smallest absolute Gasteiger partial charge is 0.166 e. The molecule has 18 heavy (non-hydrogen) atoms. The molecule has 3 rings (SSSR count). The Hall–Kier alpha value is -2.23. The fourth-order valence-electron chi connectivity index (χ4n) is 2.07. The van der Waals surface area contributed by atoms with E-state index in [1.807, 2.05) is 0 Å². The van der Waals surface area contributed by atoms with Crippen LogP contribution in [0, 0.1) is 17.5 Å². The van der Waals surface area contributed by atoms with Crippen molar-refractivity contribution in [3.63, 3.8) is 0 Å². The second-order valence-corrected chi connectivity index (χ2v) is 3.99. The van der Waals surface area contributed by atoms with E-state index in [0.717, 1.165) is 6.07 Å². The SMILES string of the molecule is Fc1cc(-c2cccc(F)c2F)c2cc[nH]c2c1. The van der Waals surface area contributed by atoms with Crippen molar-refractivity contribution in [1.29, 1.82) is 0 Å². The van der Waals surface area contributed by atoms with E-state index in [-0.39, 0.29) is 5.56 Å². The van der Waals surface area contributed by atoms with Crippen molar-refractivity contribution in [2.75, 3.05) is 0 Å². The molecule has 0 saturated carbocycles. The third-order valence-corrected chi connectivity index (χ3v) is 2.88. The molecule has 0 amide bonds. The van der Waals surface area contributed by atoms with Gasteiger partial charge in [-0.3, -0.25) is 0 Å². The van der Waals surface area contributed by atoms with Crippen molar-refractivity contribution in [3.8, 4) is 11.1 Å². The van der Waals surface area contributed by atoms with Crippen LogP contribution >= 0.6 is 0 Å². The Labute approximate surface area is 101 Å². The van der Waals surface area contributed by atoms with Gasteiger partial charge in [-0.15, -0.1) is 0 Å².